The van der Waals surface area contributed by atoms with Crippen LogP contribution in [0.4, 0.5) is 8.78 Å². The Hall–Kier alpha value is -1.92. The van der Waals surface area contributed by atoms with Crippen LogP contribution in [0.1, 0.15) is 30.3 Å². The highest BCUT2D eigenvalue weighted by Crippen LogP contribution is 2.37. The van der Waals surface area contributed by atoms with Gasteiger partial charge in [-0.05, 0) is 29.8 Å². The molecule has 1 N–H and O–H groups in total. The summed E-state index contributed by atoms with van der Waals surface area (Å²) >= 11 is 1.71. The van der Waals surface area contributed by atoms with E-state index in [2.05, 4.69) is 13.8 Å². The van der Waals surface area contributed by atoms with Gasteiger partial charge in [-0.1, -0.05) is 38.1 Å². The van der Waals surface area contributed by atoms with Crippen molar-refractivity contribution in [2.45, 2.75) is 25.8 Å². The maximum Gasteiger partial charge on any atom is 0.278 e. The smallest absolute Gasteiger partial charge is 0.278 e. The number of benzene rings is 2. The van der Waals surface area contributed by atoms with Crippen LogP contribution in [0.3, 0.4) is 0 Å². The first-order chi connectivity index (χ1) is 13.4. The fourth-order valence-corrected chi connectivity index (χ4v) is 4.94. The van der Waals surface area contributed by atoms with Crippen molar-refractivity contribution in [2.24, 2.45) is 5.92 Å². The zero-order valence-electron chi connectivity index (χ0n) is 16.3. The lowest BCUT2D eigenvalue weighted by molar-refractivity contribution is -0.909. The number of nitrogens with one attached hydrogen (secondary N) is 1. The van der Waals surface area contributed by atoms with Gasteiger partial charge in [0.1, 0.15) is 23.6 Å². The third-order valence-corrected chi connectivity index (χ3v) is 6.07. The monoisotopic (exact) mass is 405 g/mol. The zero-order valence-corrected chi connectivity index (χ0v) is 17.1. The Bertz CT molecular complexity index is 797. The van der Waals surface area contributed by atoms with Crippen molar-refractivity contribution in [3.63, 3.8) is 0 Å². The number of quaternary nitrogens is 1. The summed E-state index contributed by atoms with van der Waals surface area (Å²) in [5.74, 6) is 0.868. The molecule has 0 bridgehead atoms. The number of carbonyl (C=O) groups excluding carboxylic acids is 1. The lowest BCUT2D eigenvalue weighted by atomic mass is 10.1. The predicted molar refractivity (Wildman–Crippen MR) is 109 cm³/mol. The van der Waals surface area contributed by atoms with Crippen LogP contribution < -0.4 is 4.90 Å². The van der Waals surface area contributed by atoms with Gasteiger partial charge < -0.3 is 9.80 Å². The SMILES string of the molecule is CC(C)C[NH+](CC(=O)N1CCS[C@@H]1c1ccc(F)cc1)Cc1cccc(F)c1. The quantitative estimate of drug-likeness (QED) is 0.765. The third kappa shape index (κ3) is 5.55. The molecule has 3 nitrogen and oxygen atoms in total. The fraction of sp³-hybridized carbons (Fsp3) is 0.409. The molecule has 1 heterocycles. The maximum absolute atomic E-state index is 13.5. The number of carbonyl (C=O) groups is 1. The Labute approximate surface area is 169 Å². The molecule has 1 unspecified atom stereocenters. The van der Waals surface area contributed by atoms with Crippen molar-refractivity contribution in [2.75, 3.05) is 25.4 Å². The Morgan fingerprint density at radius 2 is 1.93 bits per heavy atom. The molecular formula is C22H27F2N2OS+. The van der Waals surface area contributed by atoms with Crippen molar-refractivity contribution in [1.29, 1.82) is 0 Å². The molecule has 28 heavy (non-hydrogen) atoms. The van der Waals surface area contributed by atoms with E-state index in [-0.39, 0.29) is 22.9 Å². The summed E-state index contributed by atoms with van der Waals surface area (Å²) in [5.41, 5.74) is 1.85. The molecule has 0 saturated carbocycles. The molecule has 2 aromatic carbocycles. The first-order valence-corrected chi connectivity index (χ1v) is 10.7. The van der Waals surface area contributed by atoms with E-state index in [9.17, 15) is 13.6 Å². The molecule has 1 aliphatic rings. The lowest BCUT2D eigenvalue weighted by Crippen LogP contribution is -3.12. The molecule has 3 rings (SSSR count). The van der Waals surface area contributed by atoms with Crippen LogP contribution >= 0.6 is 11.8 Å². The molecule has 1 fully saturated rings. The van der Waals surface area contributed by atoms with Crippen molar-refractivity contribution in [1.82, 2.24) is 4.90 Å². The molecule has 0 radical (unpaired) electrons. The summed E-state index contributed by atoms with van der Waals surface area (Å²) in [4.78, 5) is 16.1. The molecule has 0 aromatic heterocycles. The van der Waals surface area contributed by atoms with E-state index in [0.717, 1.165) is 28.3 Å². The van der Waals surface area contributed by atoms with Crippen LogP contribution in [0, 0.1) is 17.6 Å². The summed E-state index contributed by atoms with van der Waals surface area (Å²) in [5, 5.41) is -0.0671. The van der Waals surface area contributed by atoms with Gasteiger partial charge in [0.25, 0.3) is 5.91 Å². The molecule has 0 aliphatic carbocycles. The number of halogens is 2. The average Bonchev–Trinajstić information content (AvgIpc) is 3.11. The molecule has 2 aromatic rings. The minimum Gasteiger partial charge on any atom is -0.323 e. The number of hydrogen-bond donors (Lipinski definition) is 1. The van der Waals surface area contributed by atoms with E-state index in [1.165, 1.54) is 24.3 Å². The van der Waals surface area contributed by atoms with E-state index in [1.807, 2.05) is 11.0 Å². The second kappa shape index (κ2) is 9.52. The lowest BCUT2D eigenvalue weighted by Gasteiger charge is -2.27. The molecule has 0 spiro atoms. The number of hydrogen-bond acceptors (Lipinski definition) is 2. The van der Waals surface area contributed by atoms with Gasteiger partial charge in [-0.15, -0.1) is 11.8 Å². The van der Waals surface area contributed by atoms with Gasteiger partial charge in [0, 0.05) is 23.8 Å². The number of amides is 1. The second-order valence-corrected chi connectivity index (χ2v) is 8.88. The van der Waals surface area contributed by atoms with E-state index < -0.39 is 0 Å². The molecule has 2 atom stereocenters. The van der Waals surface area contributed by atoms with Gasteiger partial charge >= 0.3 is 0 Å². The van der Waals surface area contributed by atoms with Gasteiger partial charge in [-0.2, -0.15) is 0 Å². The van der Waals surface area contributed by atoms with Gasteiger partial charge in [0.2, 0.25) is 0 Å². The summed E-state index contributed by atoms with van der Waals surface area (Å²) in [6, 6.07) is 13.0. The third-order valence-electron chi connectivity index (χ3n) is 4.81. The van der Waals surface area contributed by atoms with Crippen LogP contribution in [0.2, 0.25) is 0 Å². The maximum atomic E-state index is 13.5. The molecule has 1 saturated heterocycles. The van der Waals surface area contributed by atoms with Crippen LogP contribution in [-0.4, -0.2) is 36.2 Å². The molecular weight excluding hydrogens is 378 g/mol. The van der Waals surface area contributed by atoms with Crippen molar-refractivity contribution in [3.8, 4) is 0 Å². The van der Waals surface area contributed by atoms with Crippen molar-refractivity contribution < 1.29 is 18.5 Å². The average molecular weight is 406 g/mol. The highest BCUT2D eigenvalue weighted by molar-refractivity contribution is 7.99. The molecule has 6 heteroatoms. The first kappa shape index (κ1) is 20.8. The molecule has 1 aliphatic heterocycles. The number of nitrogens with zero attached hydrogens (tertiary/aromatic N) is 1. The van der Waals surface area contributed by atoms with E-state index >= 15 is 0 Å². The van der Waals surface area contributed by atoms with Gasteiger partial charge in [0.05, 0.1) is 6.54 Å². The highest BCUT2D eigenvalue weighted by atomic mass is 32.2. The minimum atomic E-state index is -0.271. The van der Waals surface area contributed by atoms with E-state index in [1.54, 1.807) is 30.0 Å². The molecule has 150 valence electrons. The summed E-state index contributed by atoms with van der Waals surface area (Å²) < 4.78 is 26.8. The van der Waals surface area contributed by atoms with Gasteiger partial charge in [-0.3, -0.25) is 4.79 Å². The summed E-state index contributed by atoms with van der Waals surface area (Å²) in [6.45, 7) is 6.77. The predicted octanol–water partition coefficient (Wildman–Crippen LogP) is 3.28. The first-order valence-electron chi connectivity index (χ1n) is 9.67. The highest BCUT2D eigenvalue weighted by Gasteiger charge is 2.32. The van der Waals surface area contributed by atoms with E-state index in [4.69, 9.17) is 0 Å². The normalized spacial score (nSPS) is 17.9. The molecule has 1 amide bonds. The minimum absolute atomic E-state index is 0.0671. The van der Waals surface area contributed by atoms with Crippen molar-refractivity contribution in [3.05, 3.63) is 71.3 Å². The fourth-order valence-electron chi connectivity index (χ4n) is 3.66. The van der Waals surface area contributed by atoms with Crippen LogP contribution in [0.5, 0.6) is 0 Å². The largest absolute Gasteiger partial charge is 0.323 e. The Morgan fingerprint density at radius 3 is 2.61 bits per heavy atom. The van der Waals surface area contributed by atoms with E-state index in [0.29, 0.717) is 25.6 Å². The standard InChI is InChI=1S/C22H26F2N2OS/c1-16(2)13-25(14-17-4-3-5-20(24)12-17)15-21(27)26-10-11-28-22(26)18-6-8-19(23)9-7-18/h3-9,12,16,22H,10-11,13-15H2,1-2H3/p+1/t22-/m1/s1. The second-order valence-electron chi connectivity index (χ2n) is 7.69. The summed E-state index contributed by atoms with van der Waals surface area (Å²) in [7, 11) is 0. The summed E-state index contributed by atoms with van der Waals surface area (Å²) in [6.07, 6.45) is 0. The zero-order chi connectivity index (χ0) is 20.1. The number of thioether (sulfide) groups is 1. The van der Waals surface area contributed by atoms with Gasteiger partial charge in [-0.25, -0.2) is 8.78 Å². The Balaban J connectivity index is 1.70. The van der Waals surface area contributed by atoms with Crippen molar-refractivity contribution >= 4 is 17.7 Å². The number of rotatable bonds is 7. The Kier molecular flexibility index (Phi) is 7.08. The topological polar surface area (TPSA) is 24.8 Å². The Morgan fingerprint density at radius 1 is 1.18 bits per heavy atom. The van der Waals surface area contributed by atoms with Crippen LogP contribution in [-0.2, 0) is 11.3 Å². The van der Waals surface area contributed by atoms with Crippen LogP contribution in [0.15, 0.2) is 48.5 Å². The van der Waals surface area contributed by atoms with Gasteiger partial charge in [0.15, 0.2) is 6.54 Å². The van der Waals surface area contributed by atoms with Crippen LogP contribution in [0.25, 0.3) is 0 Å².